The highest BCUT2D eigenvalue weighted by atomic mass is 79.9. The Hall–Kier alpha value is -3.36. The number of hydrogen-bond donors (Lipinski definition) is 0. The maximum Gasteiger partial charge on any atom is 0.261 e. The van der Waals surface area contributed by atoms with Crippen LogP contribution in [0.15, 0.2) is 45.3 Å². The molecule has 4 amide bonds. The molecule has 2 heterocycles. The molecule has 6 nitrogen and oxygen atoms in total. The van der Waals surface area contributed by atoms with Gasteiger partial charge in [-0.25, -0.2) is 0 Å². The smallest absolute Gasteiger partial charge is 0.261 e. The fourth-order valence-electron chi connectivity index (χ4n) is 12.5. The molecule has 5 aromatic carbocycles. The van der Waals surface area contributed by atoms with E-state index in [4.69, 9.17) is 0 Å². The fraction of sp³-hybridized carbons (Fsp3) is 0.625. The van der Waals surface area contributed by atoms with E-state index < -0.39 is 0 Å². The first-order chi connectivity index (χ1) is 35.2. The second-order valence-electron chi connectivity index (χ2n) is 22.2. The van der Waals surface area contributed by atoms with Crippen molar-refractivity contribution in [1.29, 1.82) is 0 Å². The van der Waals surface area contributed by atoms with Crippen LogP contribution < -0.4 is 0 Å². The zero-order chi connectivity index (χ0) is 51.0. The standard InChI is InChI=1S/C64H88Br2N2O4/c1-5-9-13-17-21-25-29-33-45(34-30-26-22-18-14-10-6-2)43-67-61(69)49-39-37-47-58-54(66)42-52-56-50(40-38-48(60(56)58)57-53(65)41-51(63(67)71)55(49)59(47)57)62(70)68(64(52)72)44-46(35-31-27-23-19-15-11-7-3)36-32-28-24-20-16-12-8-4/h37-42,45-46H,5-36,43-44H2,1-4H3. The van der Waals surface area contributed by atoms with Gasteiger partial charge in [0.2, 0.25) is 0 Å². The number of benzene rings is 5. The monoisotopic (exact) mass is 1110 g/mol. The largest absolute Gasteiger partial charge is 0.274 e. The number of unbranched alkanes of at least 4 members (excludes halogenated alkanes) is 24. The Balaban J connectivity index is 1.16. The molecule has 8 heteroatoms. The van der Waals surface area contributed by atoms with Gasteiger partial charge in [-0.05, 0) is 72.6 Å². The first-order valence-electron chi connectivity index (χ1n) is 29.5. The second-order valence-corrected chi connectivity index (χ2v) is 23.9. The van der Waals surface area contributed by atoms with Crippen molar-refractivity contribution < 1.29 is 19.2 Å². The number of nitrogens with zero attached hydrogens (tertiary/aromatic N) is 2. The van der Waals surface area contributed by atoms with E-state index in [1.807, 2.05) is 36.4 Å². The molecule has 72 heavy (non-hydrogen) atoms. The Morgan fingerprint density at radius 3 is 0.889 bits per heavy atom. The van der Waals surface area contributed by atoms with Gasteiger partial charge in [0.05, 0.1) is 0 Å². The van der Waals surface area contributed by atoms with Gasteiger partial charge in [0.25, 0.3) is 23.6 Å². The Kier molecular flexibility index (Phi) is 22.3. The number of imide groups is 2. The van der Waals surface area contributed by atoms with E-state index in [0.29, 0.717) is 46.1 Å². The van der Waals surface area contributed by atoms with Crippen molar-refractivity contribution in [2.24, 2.45) is 11.8 Å². The Labute approximate surface area is 450 Å². The number of carbonyl (C=O) groups is 4. The van der Waals surface area contributed by atoms with Crippen molar-refractivity contribution in [3.05, 3.63) is 67.6 Å². The molecule has 7 rings (SSSR count). The van der Waals surface area contributed by atoms with E-state index in [-0.39, 0.29) is 35.5 Å². The lowest BCUT2D eigenvalue weighted by molar-refractivity contribution is 0.0562. The molecule has 0 aliphatic carbocycles. The molecule has 0 saturated heterocycles. The summed E-state index contributed by atoms with van der Waals surface area (Å²) in [5, 5.41) is 6.71. The third-order valence-corrected chi connectivity index (χ3v) is 17.9. The highest BCUT2D eigenvalue weighted by Crippen LogP contribution is 2.50. The van der Waals surface area contributed by atoms with Gasteiger partial charge in [0, 0.05) is 76.6 Å². The van der Waals surface area contributed by atoms with E-state index in [0.717, 1.165) is 92.6 Å². The maximum absolute atomic E-state index is 14.8. The van der Waals surface area contributed by atoms with Gasteiger partial charge in [-0.2, -0.15) is 0 Å². The van der Waals surface area contributed by atoms with Crippen LogP contribution in [0.4, 0.5) is 0 Å². The van der Waals surface area contributed by atoms with Crippen LogP contribution in [0.2, 0.25) is 0 Å². The Morgan fingerprint density at radius 2 is 0.597 bits per heavy atom. The van der Waals surface area contributed by atoms with Crippen molar-refractivity contribution in [3.63, 3.8) is 0 Å². The predicted molar refractivity (Wildman–Crippen MR) is 311 cm³/mol. The first-order valence-corrected chi connectivity index (χ1v) is 31.1. The number of amides is 4. The van der Waals surface area contributed by atoms with Crippen LogP contribution in [0.3, 0.4) is 0 Å². The number of hydrogen-bond acceptors (Lipinski definition) is 4. The molecular formula is C64H88Br2N2O4. The number of carbonyl (C=O) groups excluding carboxylic acids is 4. The lowest BCUT2D eigenvalue weighted by Crippen LogP contribution is -2.43. The zero-order valence-corrected chi connectivity index (χ0v) is 48.1. The van der Waals surface area contributed by atoms with Gasteiger partial charge in [0.1, 0.15) is 0 Å². The molecule has 0 unspecified atom stereocenters. The van der Waals surface area contributed by atoms with Gasteiger partial charge in [-0.1, -0.05) is 251 Å². The summed E-state index contributed by atoms with van der Waals surface area (Å²) >= 11 is 7.93. The van der Waals surface area contributed by atoms with E-state index >= 15 is 0 Å². The van der Waals surface area contributed by atoms with Crippen LogP contribution in [0.25, 0.3) is 43.1 Å². The number of fused-ring (bicyclic) bond motifs is 2. The highest BCUT2D eigenvalue weighted by molar-refractivity contribution is 9.11. The lowest BCUT2D eigenvalue weighted by Gasteiger charge is -2.33. The van der Waals surface area contributed by atoms with Crippen molar-refractivity contribution in [3.8, 4) is 0 Å². The molecule has 0 bridgehead atoms. The van der Waals surface area contributed by atoms with Crippen molar-refractivity contribution in [2.75, 3.05) is 13.1 Å². The molecule has 0 aromatic heterocycles. The van der Waals surface area contributed by atoms with E-state index in [1.54, 1.807) is 9.80 Å². The van der Waals surface area contributed by atoms with Gasteiger partial charge >= 0.3 is 0 Å². The van der Waals surface area contributed by atoms with E-state index in [1.165, 1.54) is 154 Å². The average molecular weight is 1110 g/mol. The second kappa shape index (κ2) is 28.5. The van der Waals surface area contributed by atoms with Crippen LogP contribution >= 0.6 is 31.9 Å². The lowest BCUT2D eigenvalue weighted by atomic mass is 9.82. The summed E-state index contributed by atoms with van der Waals surface area (Å²) in [5.41, 5.74) is 2.24. The van der Waals surface area contributed by atoms with Crippen molar-refractivity contribution in [2.45, 2.75) is 233 Å². The Morgan fingerprint density at radius 1 is 0.333 bits per heavy atom. The van der Waals surface area contributed by atoms with Crippen LogP contribution in [-0.2, 0) is 0 Å². The van der Waals surface area contributed by atoms with Crippen molar-refractivity contribution in [1.82, 2.24) is 9.80 Å². The van der Waals surface area contributed by atoms with Gasteiger partial charge in [0.15, 0.2) is 0 Å². The molecule has 0 atom stereocenters. The third-order valence-electron chi connectivity index (χ3n) is 16.7. The summed E-state index contributed by atoms with van der Waals surface area (Å²) in [5.74, 6) is -0.312. The first kappa shape index (κ1) is 56.4. The summed E-state index contributed by atoms with van der Waals surface area (Å²) in [4.78, 5) is 62.4. The predicted octanol–water partition coefficient (Wildman–Crippen LogP) is 20.2. The minimum atomic E-state index is -0.218. The summed E-state index contributed by atoms with van der Waals surface area (Å²) in [7, 11) is 0. The summed E-state index contributed by atoms with van der Waals surface area (Å²) < 4.78 is 1.54. The SMILES string of the molecule is CCCCCCCCCC(CCCCCCCCC)CN1C(=O)c2ccc3c4c(Br)cc5c6c(ccc(c7c(Br)cc(c2c37)C1=O)c64)C(=O)N(CC(CCCCCCCCC)CCCCCCCCC)C5=O. The molecule has 2 aliphatic rings. The molecule has 2 aliphatic heterocycles. The quantitative estimate of drug-likeness (QED) is 0.0173. The average Bonchev–Trinajstić information content (AvgIpc) is 3.38. The van der Waals surface area contributed by atoms with E-state index in [9.17, 15) is 19.2 Å². The van der Waals surface area contributed by atoms with Crippen LogP contribution in [0.5, 0.6) is 0 Å². The fourth-order valence-corrected chi connectivity index (χ4v) is 13.8. The molecule has 392 valence electrons. The van der Waals surface area contributed by atoms with Crippen LogP contribution in [0, 0.1) is 11.8 Å². The zero-order valence-electron chi connectivity index (χ0n) is 44.9. The molecule has 0 N–H and O–H groups in total. The van der Waals surface area contributed by atoms with Gasteiger partial charge < -0.3 is 0 Å². The van der Waals surface area contributed by atoms with Gasteiger partial charge in [-0.3, -0.25) is 29.0 Å². The third kappa shape index (κ3) is 13.4. The number of rotatable bonds is 36. The minimum Gasteiger partial charge on any atom is -0.274 e. The normalized spacial score (nSPS) is 13.9. The highest BCUT2D eigenvalue weighted by Gasteiger charge is 2.39. The summed E-state index contributed by atoms with van der Waals surface area (Å²) in [6, 6.07) is 11.8. The van der Waals surface area contributed by atoms with Crippen LogP contribution in [0.1, 0.15) is 275 Å². The van der Waals surface area contributed by atoms with Crippen LogP contribution in [-0.4, -0.2) is 46.5 Å². The van der Waals surface area contributed by atoms with Crippen molar-refractivity contribution >= 4 is 98.6 Å². The molecule has 0 fully saturated rings. The summed E-state index contributed by atoms with van der Waals surface area (Å²) in [6.45, 7) is 9.93. The molecule has 5 aromatic rings. The Bertz CT molecular complexity index is 2390. The molecule has 0 spiro atoms. The molecule has 0 radical (unpaired) electrons. The van der Waals surface area contributed by atoms with E-state index in [2.05, 4.69) is 59.6 Å². The topological polar surface area (TPSA) is 74.8 Å². The van der Waals surface area contributed by atoms with Gasteiger partial charge in [-0.15, -0.1) is 0 Å². The number of halogens is 2. The molecule has 0 saturated carbocycles. The molecular weight excluding hydrogens is 1020 g/mol. The minimum absolute atomic E-state index is 0.208. The summed E-state index contributed by atoms with van der Waals surface area (Å²) in [6.07, 6.45) is 39.0. The maximum atomic E-state index is 14.8.